The summed E-state index contributed by atoms with van der Waals surface area (Å²) in [5.74, 6) is -2.10. The highest BCUT2D eigenvalue weighted by atomic mass is 31.2. The molecule has 0 saturated heterocycles. The fourth-order valence-corrected chi connectivity index (χ4v) is 2.67. The molecule has 0 fully saturated rings. The van der Waals surface area contributed by atoms with E-state index in [0.717, 1.165) is 12.1 Å². The normalized spacial score (nSPS) is 12.5. The third-order valence-corrected chi connectivity index (χ3v) is 3.92. The van der Waals surface area contributed by atoms with E-state index in [4.69, 9.17) is 0 Å². The molecule has 2 rings (SSSR count). The summed E-state index contributed by atoms with van der Waals surface area (Å²) in [4.78, 5) is 30.7. The Balaban J connectivity index is 2.15. The molecule has 0 aromatic heterocycles. The highest BCUT2D eigenvalue weighted by Gasteiger charge is 2.32. The average molecular weight is 324 g/mol. The van der Waals surface area contributed by atoms with Crippen LogP contribution in [-0.2, 0) is 4.57 Å². The maximum atomic E-state index is 12.9. The molecule has 2 aromatic carbocycles. The Morgan fingerprint density at radius 1 is 1.05 bits per heavy atom. The number of para-hydroxylation sites is 1. The van der Waals surface area contributed by atoms with Crippen molar-refractivity contribution < 1.29 is 23.5 Å². The van der Waals surface area contributed by atoms with E-state index in [1.807, 2.05) is 0 Å². The summed E-state index contributed by atoms with van der Waals surface area (Å²) in [6.07, 6.45) is 0. The monoisotopic (exact) mass is 324 g/mol. The summed E-state index contributed by atoms with van der Waals surface area (Å²) < 4.78 is 24.5. The van der Waals surface area contributed by atoms with E-state index >= 15 is 0 Å². The van der Waals surface area contributed by atoms with Crippen molar-refractivity contribution in [3.05, 3.63) is 66.0 Å². The molecule has 4 N–H and O–H groups in total. The fraction of sp³-hybridized carbons (Fsp3) is 0.0714. The lowest BCUT2D eigenvalue weighted by atomic mass is 10.2. The summed E-state index contributed by atoms with van der Waals surface area (Å²) in [6, 6.07) is 12.2. The van der Waals surface area contributed by atoms with E-state index in [1.165, 1.54) is 12.1 Å². The van der Waals surface area contributed by atoms with Crippen LogP contribution in [0, 0.1) is 5.82 Å². The van der Waals surface area contributed by atoms with E-state index in [-0.39, 0.29) is 5.56 Å². The van der Waals surface area contributed by atoms with Gasteiger partial charge in [-0.25, -0.2) is 9.18 Å². The quantitative estimate of drug-likeness (QED) is 0.650. The number of carbonyl (C=O) groups excluding carboxylic acids is 1. The topological polar surface area (TPSA) is 98.7 Å². The van der Waals surface area contributed by atoms with Crippen LogP contribution in [0.2, 0.25) is 0 Å². The molecule has 116 valence electrons. The molecule has 0 aliphatic rings. The van der Waals surface area contributed by atoms with Gasteiger partial charge < -0.3 is 20.4 Å². The van der Waals surface area contributed by atoms with Gasteiger partial charge in [0.05, 0.1) is 0 Å². The zero-order valence-electron chi connectivity index (χ0n) is 11.3. The molecule has 2 aromatic rings. The minimum Gasteiger partial charge on any atom is -0.323 e. The summed E-state index contributed by atoms with van der Waals surface area (Å²) >= 11 is 0. The smallest absolute Gasteiger partial charge is 0.323 e. The van der Waals surface area contributed by atoms with Crippen molar-refractivity contribution in [2.24, 2.45) is 0 Å². The summed E-state index contributed by atoms with van der Waals surface area (Å²) in [5.41, 5.74) is 0.585. The number of anilines is 1. The third-order valence-electron chi connectivity index (χ3n) is 2.82. The highest BCUT2D eigenvalue weighted by Crippen LogP contribution is 2.49. The predicted molar refractivity (Wildman–Crippen MR) is 79.8 cm³/mol. The van der Waals surface area contributed by atoms with Crippen molar-refractivity contribution in [3.8, 4) is 0 Å². The van der Waals surface area contributed by atoms with Crippen LogP contribution in [0.15, 0.2) is 54.6 Å². The van der Waals surface area contributed by atoms with Gasteiger partial charge in [-0.15, -0.1) is 0 Å². The van der Waals surface area contributed by atoms with Crippen LogP contribution in [0.5, 0.6) is 0 Å². The van der Waals surface area contributed by atoms with Crippen LogP contribution in [0.1, 0.15) is 11.3 Å². The van der Waals surface area contributed by atoms with Gasteiger partial charge in [-0.1, -0.05) is 30.3 Å². The molecule has 0 radical (unpaired) electrons. The van der Waals surface area contributed by atoms with Gasteiger partial charge in [-0.3, -0.25) is 4.57 Å². The molecule has 0 bridgehead atoms. The van der Waals surface area contributed by atoms with Crippen LogP contribution < -0.4 is 10.6 Å². The Bertz CT molecular complexity index is 688. The summed E-state index contributed by atoms with van der Waals surface area (Å²) in [5, 5.41) is 4.66. The van der Waals surface area contributed by atoms with Crippen LogP contribution in [0.25, 0.3) is 0 Å². The number of nitrogens with one attached hydrogen (secondary N) is 2. The van der Waals surface area contributed by atoms with Crippen LogP contribution in [-0.4, -0.2) is 15.8 Å². The number of carbonyl (C=O) groups is 1. The molecule has 22 heavy (non-hydrogen) atoms. The van der Waals surface area contributed by atoms with Gasteiger partial charge in [0.1, 0.15) is 5.82 Å². The van der Waals surface area contributed by atoms with E-state index in [9.17, 15) is 23.5 Å². The molecule has 0 heterocycles. The third kappa shape index (κ3) is 4.39. The van der Waals surface area contributed by atoms with Gasteiger partial charge in [0.15, 0.2) is 5.78 Å². The minimum absolute atomic E-state index is 0.109. The van der Waals surface area contributed by atoms with E-state index in [1.54, 1.807) is 30.3 Å². The number of benzene rings is 2. The van der Waals surface area contributed by atoms with Gasteiger partial charge in [0, 0.05) is 5.69 Å². The second-order valence-corrected chi connectivity index (χ2v) is 6.20. The second kappa shape index (κ2) is 6.70. The number of urea groups is 1. The fourth-order valence-electron chi connectivity index (χ4n) is 1.82. The van der Waals surface area contributed by atoms with Gasteiger partial charge in [-0.2, -0.15) is 0 Å². The standard InChI is InChI=1S/C14H14FN2O4P/c15-11-8-6-10(7-9-11)13(22(19,20)21)17-14(18)16-12-4-2-1-3-5-12/h1-9,13H,(H2,16,17,18)(H2,19,20,21). The zero-order chi connectivity index (χ0) is 16.2. The number of hydrogen-bond donors (Lipinski definition) is 4. The highest BCUT2D eigenvalue weighted by molar-refractivity contribution is 7.52. The summed E-state index contributed by atoms with van der Waals surface area (Å²) in [7, 11) is -4.67. The van der Waals surface area contributed by atoms with Crippen molar-refractivity contribution in [2.75, 3.05) is 5.32 Å². The van der Waals surface area contributed by atoms with Crippen molar-refractivity contribution in [3.63, 3.8) is 0 Å². The molecule has 8 heteroatoms. The molecule has 6 nitrogen and oxygen atoms in total. The summed E-state index contributed by atoms with van der Waals surface area (Å²) in [6.45, 7) is 0. The second-order valence-electron chi connectivity index (χ2n) is 4.51. The molecular formula is C14H14FN2O4P. The molecule has 0 aliphatic carbocycles. The van der Waals surface area contributed by atoms with Crippen LogP contribution in [0.4, 0.5) is 14.9 Å². The minimum atomic E-state index is -4.67. The molecular weight excluding hydrogens is 310 g/mol. The Morgan fingerprint density at radius 3 is 2.18 bits per heavy atom. The number of halogens is 1. The van der Waals surface area contributed by atoms with E-state index in [0.29, 0.717) is 5.69 Å². The molecule has 0 saturated carbocycles. The van der Waals surface area contributed by atoms with Crippen molar-refractivity contribution in [1.29, 1.82) is 0 Å². The van der Waals surface area contributed by atoms with Gasteiger partial charge in [0.2, 0.25) is 0 Å². The average Bonchev–Trinajstić information content (AvgIpc) is 2.46. The van der Waals surface area contributed by atoms with Crippen molar-refractivity contribution in [1.82, 2.24) is 5.32 Å². The molecule has 0 aliphatic heterocycles. The first-order valence-corrected chi connectivity index (χ1v) is 7.97. The first kappa shape index (κ1) is 16.2. The first-order chi connectivity index (χ1) is 10.4. The molecule has 1 unspecified atom stereocenters. The van der Waals surface area contributed by atoms with Crippen LogP contribution >= 0.6 is 7.60 Å². The zero-order valence-corrected chi connectivity index (χ0v) is 12.2. The lowest BCUT2D eigenvalue weighted by Crippen LogP contribution is -2.32. The SMILES string of the molecule is O=C(Nc1ccccc1)NC(c1ccc(F)cc1)P(=O)(O)O. The Kier molecular flexibility index (Phi) is 4.92. The molecule has 2 amide bonds. The number of rotatable bonds is 4. The Morgan fingerprint density at radius 2 is 1.64 bits per heavy atom. The van der Waals surface area contributed by atoms with Crippen molar-refractivity contribution in [2.45, 2.75) is 5.78 Å². The Hall–Kier alpha value is -2.21. The maximum absolute atomic E-state index is 12.9. The maximum Gasteiger partial charge on any atom is 0.352 e. The Labute approximate surface area is 126 Å². The molecule has 1 atom stereocenters. The van der Waals surface area contributed by atoms with Gasteiger partial charge >= 0.3 is 13.6 Å². The number of amides is 2. The predicted octanol–water partition coefficient (Wildman–Crippen LogP) is 2.82. The van der Waals surface area contributed by atoms with Gasteiger partial charge in [0.25, 0.3) is 0 Å². The first-order valence-electron chi connectivity index (χ1n) is 6.29. The largest absolute Gasteiger partial charge is 0.352 e. The van der Waals surface area contributed by atoms with Gasteiger partial charge in [-0.05, 0) is 29.8 Å². The van der Waals surface area contributed by atoms with Crippen molar-refractivity contribution >= 4 is 19.3 Å². The molecule has 0 spiro atoms. The van der Waals surface area contributed by atoms with E-state index in [2.05, 4.69) is 10.6 Å². The van der Waals surface area contributed by atoms with Crippen LogP contribution in [0.3, 0.4) is 0 Å². The lowest BCUT2D eigenvalue weighted by Gasteiger charge is -2.20. The number of hydrogen-bond acceptors (Lipinski definition) is 2. The lowest BCUT2D eigenvalue weighted by molar-refractivity contribution is 0.248. The van der Waals surface area contributed by atoms with E-state index < -0.39 is 25.2 Å².